The predicted molar refractivity (Wildman–Crippen MR) is 103 cm³/mol. The van der Waals surface area contributed by atoms with Gasteiger partial charge in [0, 0.05) is 38.8 Å². The molecule has 0 aromatic heterocycles. The van der Waals surface area contributed by atoms with Crippen LogP contribution in [0, 0.1) is 10.8 Å². The average Bonchev–Trinajstić information content (AvgIpc) is 2.43. The maximum absolute atomic E-state index is 9.32. The standard InChI is InChI=1S/C16H33N3O2.HI/c1-5-17-14(18-11-15(2,3)13-20)19-12-16(7-6-8-16)9-10-21-4;/h20H,5-13H2,1-4H3,(H2,17,18,19);1H. The molecule has 1 rings (SSSR count). The Hall–Kier alpha value is -0.0800. The van der Waals surface area contributed by atoms with E-state index in [1.807, 2.05) is 13.8 Å². The molecule has 6 heteroatoms. The van der Waals surface area contributed by atoms with Gasteiger partial charge in [-0.25, -0.2) is 0 Å². The van der Waals surface area contributed by atoms with Crippen molar-refractivity contribution in [3.8, 4) is 0 Å². The molecule has 5 nitrogen and oxygen atoms in total. The van der Waals surface area contributed by atoms with E-state index in [2.05, 4.69) is 22.5 Å². The van der Waals surface area contributed by atoms with Crippen molar-refractivity contribution in [3.63, 3.8) is 0 Å². The topological polar surface area (TPSA) is 65.9 Å². The summed E-state index contributed by atoms with van der Waals surface area (Å²) in [5.74, 6) is 0.850. The van der Waals surface area contributed by atoms with Crippen molar-refractivity contribution in [1.82, 2.24) is 10.6 Å². The molecule has 0 heterocycles. The Morgan fingerprint density at radius 3 is 2.45 bits per heavy atom. The van der Waals surface area contributed by atoms with Gasteiger partial charge in [0.2, 0.25) is 0 Å². The van der Waals surface area contributed by atoms with E-state index in [-0.39, 0.29) is 36.0 Å². The summed E-state index contributed by atoms with van der Waals surface area (Å²) in [6.45, 7) is 9.49. The van der Waals surface area contributed by atoms with Gasteiger partial charge in [-0.3, -0.25) is 4.99 Å². The van der Waals surface area contributed by atoms with Crippen molar-refractivity contribution < 1.29 is 9.84 Å². The smallest absolute Gasteiger partial charge is 0.191 e. The highest BCUT2D eigenvalue weighted by atomic mass is 127. The molecular formula is C16H34IN3O2. The molecule has 1 fully saturated rings. The van der Waals surface area contributed by atoms with E-state index in [0.29, 0.717) is 12.0 Å². The van der Waals surface area contributed by atoms with Crippen molar-refractivity contribution in [1.29, 1.82) is 0 Å². The van der Waals surface area contributed by atoms with Crippen LogP contribution >= 0.6 is 24.0 Å². The normalized spacial score (nSPS) is 17.4. The van der Waals surface area contributed by atoms with Crippen molar-refractivity contribution in [3.05, 3.63) is 0 Å². The molecule has 0 aromatic rings. The monoisotopic (exact) mass is 427 g/mol. The lowest BCUT2D eigenvalue weighted by Gasteiger charge is -2.42. The molecular weight excluding hydrogens is 393 g/mol. The number of methoxy groups -OCH3 is 1. The maximum atomic E-state index is 9.32. The van der Waals surface area contributed by atoms with Gasteiger partial charge in [0.15, 0.2) is 5.96 Å². The molecule has 3 N–H and O–H groups in total. The molecule has 0 unspecified atom stereocenters. The molecule has 0 atom stereocenters. The van der Waals surface area contributed by atoms with Gasteiger partial charge in [-0.15, -0.1) is 24.0 Å². The van der Waals surface area contributed by atoms with E-state index < -0.39 is 0 Å². The average molecular weight is 427 g/mol. The largest absolute Gasteiger partial charge is 0.396 e. The van der Waals surface area contributed by atoms with Crippen LogP contribution in [0.4, 0.5) is 0 Å². The molecule has 1 saturated carbocycles. The molecule has 0 amide bonds. The summed E-state index contributed by atoms with van der Waals surface area (Å²) in [7, 11) is 1.77. The molecule has 1 aliphatic carbocycles. The molecule has 22 heavy (non-hydrogen) atoms. The van der Waals surface area contributed by atoms with E-state index in [1.54, 1.807) is 7.11 Å². The number of aliphatic imine (C=N–C) groups is 1. The minimum absolute atomic E-state index is 0. The first-order valence-electron chi connectivity index (χ1n) is 8.09. The van der Waals surface area contributed by atoms with Crippen LogP contribution in [0.25, 0.3) is 0 Å². The summed E-state index contributed by atoms with van der Waals surface area (Å²) in [6.07, 6.45) is 4.96. The van der Waals surface area contributed by atoms with Crippen LogP contribution in [-0.2, 0) is 4.74 Å². The fourth-order valence-electron chi connectivity index (χ4n) is 2.47. The predicted octanol–water partition coefficient (Wildman–Crippen LogP) is 2.38. The van der Waals surface area contributed by atoms with E-state index in [1.165, 1.54) is 19.3 Å². The number of nitrogens with one attached hydrogen (secondary N) is 2. The number of hydrogen-bond donors (Lipinski definition) is 3. The number of nitrogens with zero attached hydrogens (tertiary/aromatic N) is 1. The van der Waals surface area contributed by atoms with Crippen LogP contribution < -0.4 is 10.6 Å². The van der Waals surface area contributed by atoms with Gasteiger partial charge in [-0.1, -0.05) is 20.3 Å². The quantitative estimate of drug-likeness (QED) is 0.300. The lowest BCUT2D eigenvalue weighted by atomic mass is 9.67. The van der Waals surface area contributed by atoms with Crippen LogP contribution in [-0.4, -0.2) is 51.0 Å². The SMILES string of the molecule is CCNC(=NCC(C)(C)CO)NCC1(CCOC)CCC1.I. The Balaban J connectivity index is 0.00000441. The van der Waals surface area contributed by atoms with Crippen molar-refractivity contribution >= 4 is 29.9 Å². The number of hydrogen-bond acceptors (Lipinski definition) is 3. The molecule has 0 radical (unpaired) electrons. The Kier molecular flexibility index (Phi) is 10.6. The van der Waals surface area contributed by atoms with E-state index in [9.17, 15) is 5.11 Å². The van der Waals surface area contributed by atoms with E-state index >= 15 is 0 Å². The Bertz CT molecular complexity index is 331. The Morgan fingerprint density at radius 1 is 1.32 bits per heavy atom. The molecule has 0 aromatic carbocycles. The van der Waals surface area contributed by atoms with Gasteiger partial charge in [0.25, 0.3) is 0 Å². The summed E-state index contributed by atoms with van der Waals surface area (Å²) in [5.41, 5.74) is 0.200. The third-order valence-electron chi connectivity index (χ3n) is 4.32. The van der Waals surface area contributed by atoms with Gasteiger partial charge >= 0.3 is 0 Å². The third-order valence-corrected chi connectivity index (χ3v) is 4.32. The minimum Gasteiger partial charge on any atom is -0.396 e. The zero-order valence-corrected chi connectivity index (χ0v) is 16.9. The number of rotatable bonds is 9. The Morgan fingerprint density at radius 2 is 2.00 bits per heavy atom. The highest BCUT2D eigenvalue weighted by molar-refractivity contribution is 14.0. The van der Waals surface area contributed by atoms with Gasteiger partial charge in [0.05, 0.1) is 6.54 Å². The maximum Gasteiger partial charge on any atom is 0.191 e. The summed E-state index contributed by atoms with van der Waals surface area (Å²) in [5, 5.41) is 16.1. The number of ether oxygens (including phenoxy) is 1. The van der Waals surface area contributed by atoms with Crippen LogP contribution in [0.3, 0.4) is 0 Å². The number of guanidine groups is 1. The van der Waals surface area contributed by atoms with Gasteiger partial charge in [-0.2, -0.15) is 0 Å². The van der Waals surface area contributed by atoms with E-state index in [0.717, 1.165) is 32.1 Å². The zero-order valence-electron chi connectivity index (χ0n) is 14.6. The first-order chi connectivity index (χ1) is 9.97. The second-order valence-corrected chi connectivity index (χ2v) is 6.97. The first-order valence-corrected chi connectivity index (χ1v) is 8.09. The molecule has 0 bridgehead atoms. The lowest BCUT2D eigenvalue weighted by molar-refractivity contribution is 0.0732. The van der Waals surface area contributed by atoms with Crippen molar-refractivity contribution in [2.75, 3.05) is 40.0 Å². The van der Waals surface area contributed by atoms with Gasteiger partial charge in [0.1, 0.15) is 0 Å². The van der Waals surface area contributed by atoms with Gasteiger partial charge < -0.3 is 20.5 Å². The third kappa shape index (κ3) is 7.46. The summed E-state index contributed by atoms with van der Waals surface area (Å²) < 4.78 is 5.23. The number of aliphatic hydroxyl groups is 1. The number of halogens is 1. The Labute approximate surface area is 152 Å². The fourth-order valence-corrected chi connectivity index (χ4v) is 2.47. The number of aliphatic hydroxyl groups excluding tert-OH is 1. The van der Waals surface area contributed by atoms with Crippen LogP contribution in [0.2, 0.25) is 0 Å². The first kappa shape index (κ1) is 21.9. The second kappa shape index (κ2) is 10.6. The second-order valence-electron chi connectivity index (χ2n) is 6.97. The van der Waals surface area contributed by atoms with E-state index in [4.69, 9.17) is 4.74 Å². The van der Waals surface area contributed by atoms with Crippen molar-refractivity contribution in [2.45, 2.75) is 46.5 Å². The summed E-state index contributed by atoms with van der Waals surface area (Å²) in [4.78, 5) is 4.60. The van der Waals surface area contributed by atoms with Gasteiger partial charge in [-0.05, 0) is 31.6 Å². The summed E-state index contributed by atoms with van der Waals surface area (Å²) in [6, 6.07) is 0. The molecule has 132 valence electrons. The molecule has 0 aliphatic heterocycles. The lowest BCUT2D eigenvalue weighted by Crippen LogP contribution is -2.47. The van der Waals surface area contributed by atoms with Crippen LogP contribution in [0.15, 0.2) is 4.99 Å². The zero-order chi connectivity index (χ0) is 15.8. The fraction of sp³-hybridized carbons (Fsp3) is 0.938. The molecule has 0 saturated heterocycles. The minimum atomic E-state index is -0.174. The highest BCUT2D eigenvalue weighted by Gasteiger charge is 2.36. The highest BCUT2D eigenvalue weighted by Crippen LogP contribution is 2.43. The van der Waals surface area contributed by atoms with Crippen LogP contribution in [0.5, 0.6) is 0 Å². The molecule has 0 spiro atoms. The summed E-state index contributed by atoms with van der Waals surface area (Å²) >= 11 is 0. The molecule has 1 aliphatic rings. The van der Waals surface area contributed by atoms with Crippen molar-refractivity contribution in [2.24, 2.45) is 15.8 Å². The van der Waals surface area contributed by atoms with Crippen LogP contribution in [0.1, 0.15) is 46.5 Å².